The van der Waals surface area contributed by atoms with Crippen LogP contribution < -0.4 is 10.7 Å². The fourth-order valence-corrected chi connectivity index (χ4v) is 4.57. The van der Waals surface area contributed by atoms with Gasteiger partial charge in [0.2, 0.25) is 11.4 Å². The van der Waals surface area contributed by atoms with Gasteiger partial charge in [-0.2, -0.15) is 4.98 Å². The number of likely N-dealkylation sites (N-methyl/N-ethyl adjacent to an activating group) is 1. The summed E-state index contributed by atoms with van der Waals surface area (Å²) >= 11 is 5.96. The Labute approximate surface area is 223 Å². The second kappa shape index (κ2) is 10.9. The Bertz CT molecular complexity index is 1550. The first-order valence-corrected chi connectivity index (χ1v) is 12.5. The molecule has 196 valence electrons. The maximum Gasteiger partial charge on any atom is 0.341 e. The number of carboxylic acids is 1. The zero-order chi connectivity index (χ0) is 26.8. The number of nitrogens with zero attached hydrogens (tertiary/aromatic N) is 5. The van der Waals surface area contributed by atoms with E-state index in [1.807, 2.05) is 12.1 Å². The average Bonchev–Trinajstić information content (AvgIpc) is 2.91. The van der Waals surface area contributed by atoms with Crippen LogP contribution in [0.5, 0.6) is 0 Å². The van der Waals surface area contributed by atoms with Gasteiger partial charge >= 0.3 is 5.97 Å². The molecule has 0 atom stereocenters. The highest BCUT2D eigenvalue weighted by Crippen LogP contribution is 2.23. The van der Waals surface area contributed by atoms with Gasteiger partial charge < -0.3 is 24.8 Å². The third-order valence-corrected chi connectivity index (χ3v) is 6.97. The first-order chi connectivity index (χ1) is 18.3. The molecule has 2 aromatic carbocycles. The molecule has 11 heteroatoms. The van der Waals surface area contributed by atoms with Gasteiger partial charge in [-0.15, -0.1) is 0 Å². The third kappa shape index (κ3) is 5.52. The van der Waals surface area contributed by atoms with E-state index in [2.05, 4.69) is 44.3 Å². The van der Waals surface area contributed by atoms with Gasteiger partial charge in [0.05, 0.1) is 10.4 Å². The van der Waals surface area contributed by atoms with Crippen molar-refractivity contribution >= 4 is 40.2 Å². The number of hydrogen-bond acceptors (Lipinski definition) is 7. The van der Waals surface area contributed by atoms with Gasteiger partial charge in [-0.1, -0.05) is 23.7 Å². The number of halogens is 2. The molecule has 1 fully saturated rings. The van der Waals surface area contributed by atoms with E-state index < -0.39 is 22.8 Å². The van der Waals surface area contributed by atoms with Crippen molar-refractivity contribution in [2.45, 2.75) is 6.42 Å². The summed E-state index contributed by atoms with van der Waals surface area (Å²) in [5, 5.41) is 12.5. The first-order valence-electron chi connectivity index (χ1n) is 12.2. The number of carboxylic acid groups (broad SMARTS) is 1. The van der Waals surface area contributed by atoms with E-state index in [1.165, 1.54) is 28.5 Å². The summed E-state index contributed by atoms with van der Waals surface area (Å²) in [6, 6.07) is 11.9. The summed E-state index contributed by atoms with van der Waals surface area (Å²) in [5.41, 5.74) is 1.30. The van der Waals surface area contributed by atoms with E-state index in [0.29, 0.717) is 5.69 Å². The molecule has 3 heterocycles. The fourth-order valence-electron chi connectivity index (χ4n) is 4.40. The van der Waals surface area contributed by atoms with Crippen LogP contribution in [0.4, 0.5) is 16.0 Å². The summed E-state index contributed by atoms with van der Waals surface area (Å²) < 4.78 is 15.2. The molecule has 0 amide bonds. The molecule has 4 aromatic rings. The van der Waals surface area contributed by atoms with Gasteiger partial charge in [0.25, 0.3) is 0 Å². The highest BCUT2D eigenvalue weighted by molar-refractivity contribution is 6.30. The minimum atomic E-state index is -1.39. The summed E-state index contributed by atoms with van der Waals surface area (Å²) in [6.45, 7) is 5.36. The largest absolute Gasteiger partial charge is 0.477 e. The van der Waals surface area contributed by atoms with Crippen molar-refractivity contribution < 1.29 is 14.3 Å². The van der Waals surface area contributed by atoms with Crippen LogP contribution in [0.15, 0.2) is 59.7 Å². The number of rotatable bonds is 7. The number of anilines is 2. The lowest BCUT2D eigenvalue weighted by atomic mass is 10.1. The van der Waals surface area contributed by atoms with Crippen LogP contribution in [-0.4, -0.2) is 75.2 Å². The van der Waals surface area contributed by atoms with Gasteiger partial charge in [0, 0.05) is 56.5 Å². The van der Waals surface area contributed by atoms with Crippen LogP contribution in [0.2, 0.25) is 5.02 Å². The Morgan fingerprint density at radius 3 is 2.55 bits per heavy atom. The highest BCUT2D eigenvalue weighted by atomic mass is 35.5. The molecule has 1 aliphatic heterocycles. The van der Waals surface area contributed by atoms with Gasteiger partial charge in [-0.3, -0.25) is 4.79 Å². The summed E-state index contributed by atoms with van der Waals surface area (Å²) in [6.07, 6.45) is 3.39. The quantitative estimate of drug-likeness (QED) is 0.367. The maximum absolute atomic E-state index is 13.8. The number of piperazine rings is 1. The maximum atomic E-state index is 13.8. The number of benzene rings is 2. The van der Waals surface area contributed by atoms with E-state index in [0.717, 1.165) is 57.1 Å². The molecule has 2 aromatic heterocycles. The van der Waals surface area contributed by atoms with Crippen LogP contribution in [0, 0.1) is 5.82 Å². The lowest BCUT2D eigenvalue weighted by Crippen LogP contribution is -2.45. The highest BCUT2D eigenvalue weighted by Gasteiger charge is 2.18. The SMILES string of the molecule is CN1CCN(CCc2ccc(Nc3ncc4c(=O)c(C(=O)O)cn(-c5ccc(F)c(Cl)c5)c4n3)cc2)CC1. The molecule has 5 rings (SSSR count). The normalized spacial score (nSPS) is 14.6. The molecule has 1 aliphatic rings. The van der Waals surface area contributed by atoms with Crippen molar-refractivity contribution in [3.8, 4) is 5.69 Å². The molecule has 9 nitrogen and oxygen atoms in total. The molecule has 1 saturated heterocycles. The van der Waals surface area contributed by atoms with E-state index in [4.69, 9.17) is 11.6 Å². The van der Waals surface area contributed by atoms with Gasteiger partial charge in [0.1, 0.15) is 11.4 Å². The van der Waals surface area contributed by atoms with Crippen molar-refractivity contribution in [1.82, 2.24) is 24.3 Å². The standard InChI is InChI=1S/C27H26ClFN6O3/c1-33-10-12-34(13-11-33)9-8-17-2-4-18(5-3-17)31-27-30-15-20-24(36)21(26(37)38)16-35(25(20)32-27)19-6-7-23(29)22(28)14-19/h2-7,14-16H,8-13H2,1H3,(H,37,38)(H,30,31,32). The number of pyridine rings is 1. The van der Waals surface area contributed by atoms with Crippen molar-refractivity contribution in [2.75, 3.05) is 45.1 Å². The zero-order valence-corrected chi connectivity index (χ0v) is 21.5. The van der Waals surface area contributed by atoms with Gasteiger partial charge in [0.15, 0.2) is 5.65 Å². The number of nitrogens with one attached hydrogen (secondary N) is 1. The van der Waals surface area contributed by atoms with Crippen LogP contribution in [0.3, 0.4) is 0 Å². The Morgan fingerprint density at radius 2 is 1.87 bits per heavy atom. The van der Waals surface area contributed by atoms with Crippen molar-refractivity contribution in [1.29, 1.82) is 0 Å². The number of carbonyl (C=O) groups is 1. The van der Waals surface area contributed by atoms with Crippen LogP contribution in [-0.2, 0) is 6.42 Å². The van der Waals surface area contributed by atoms with Gasteiger partial charge in [-0.25, -0.2) is 14.2 Å². The fraction of sp³-hybridized carbons (Fsp3) is 0.259. The van der Waals surface area contributed by atoms with Crippen molar-refractivity contribution in [3.63, 3.8) is 0 Å². The minimum absolute atomic E-state index is 0.00940. The molecule has 0 radical (unpaired) electrons. The molecule has 38 heavy (non-hydrogen) atoms. The molecular weight excluding hydrogens is 511 g/mol. The third-order valence-electron chi connectivity index (χ3n) is 6.68. The Hall–Kier alpha value is -3.86. The predicted octanol–water partition coefficient (Wildman–Crippen LogP) is 3.80. The molecule has 0 aliphatic carbocycles. The van der Waals surface area contributed by atoms with Crippen LogP contribution in [0.1, 0.15) is 15.9 Å². The average molecular weight is 537 g/mol. The number of fused-ring (bicyclic) bond motifs is 1. The summed E-state index contributed by atoms with van der Waals surface area (Å²) in [5.74, 6) is -1.80. The molecule has 0 unspecified atom stereocenters. The van der Waals surface area contributed by atoms with E-state index in [-0.39, 0.29) is 22.0 Å². The van der Waals surface area contributed by atoms with Crippen LogP contribution in [0.25, 0.3) is 16.7 Å². The second-order valence-corrected chi connectivity index (χ2v) is 9.70. The Morgan fingerprint density at radius 1 is 1.13 bits per heavy atom. The molecule has 2 N–H and O–H groups in total. The molecule has 0 saturated carbocycles. The lowest BCUT2D eigenvalue weighted by molar-refractivity contribution is 0.0695. The lowest BCUT2D eigenvalue weighted by Gasteiger charge is -2.32. The predicted molar refractivity (Wildman–Crippen MR) is 144 cm³/mol. The van der Waals surface area contributed by atoms with Gasteiger partial charge in [-0.05, 0) is 49.4 Å². The second-order valence-electron chi connectivity index (χ2n) is 9.29. The smallest absolute Gasteiger partial charge is 0.341 e. The number of hydrogen-bond donors (Lipinski definition) is 2. The van der Waals surface area contributed by atoms with Crippen molar-refractivity contribution in [3.05, 3.63) is 87.0 Å². The van der Waals surface area contributed by atoms with Crippen molar-refractivity contribution in [2.24, 2.45) is 0 Å². The topological polar surface area (TPSA) is 104 Å². The van der Waals surface area contributed by atoms with E-state index >= 15 is 0 Å². The Kier molecular flexibility index (Phi) is 7.37. The monoisotopic (exact) mass is 536 g/mol. The zero-order valence-electron chi connectivity index (χ0n) is 20.7. The first kappa shape index (κ1) is 25.8. The van der Waals surface area contributed by atoms with E-state index in [1.54, 1.807) is 0 Å². The summed E-state index contributed by atoms with van der Waals surface area (Å²) in [7, 11) is 2.15. The van der Waals surface area contributed by atoms with Crippen LogP contribution >= 0.6 is 11.6 Å². The molecule has 0 bridgehead atoms. The minimum Gasteiger partial charge on any atom is -0.477 e. The Balaban J connectivity index is 1.40. The number of aromatic nitrogens is 3. The van der Waals surface area contributed by atoms with E-state index in [9.17, 15) is 19.1 Å². The summed E-state index contributed by atoms with van der Waals surface area (Å²) in [4.78, 5) is 38.0. The molecule has 0 spiro atoms. The molecular formula is C27H26ClFN6O3. The number of aromatic carboxylic acids is 1.